The summed E-state index contributed by atoms with van der Waals surface area (Å²) in [5, 5.41) is 10.3. The van der Waals surface area contributed by atoms with E-state index in [2.05, 4.69) is 34.1 Å². The van der Waals surface area contributed by atoms with Crippen LogP contribution >= 0.6 is 11.5 Å². The Hall–Kier alpha value is -1.01. The largest absolute Gasteiger partial charge is 0.315 e. The van der Waals surface area contributed by atoms with Gasteiger partial charge in [-0.05, 0) is 13.0 Å². The van der Waals surface area contributed by atoms with Crippen molar-refractivity contribution in [3.05, 3.63) is 6.20 Å². The molecule has 1 rings (SSSR count). The first-order valence-corrected chi connectivity index (χ1v) is 5.76. The molecule has 0 unspecified atom stereocenters. The number of hydrogen-bond acceptors (Lipinski definition) is 5. The van der Waals surface area contributed by atoms with Gasteiger partial charge < -0.3 is 10.6 Å². The van der Waals surface area contributed by atoms with Crippen molar-refractivity contribution in [2.75, 3.05) is 11.9 Å². The Morgan fingerprint density at radius 2 is 2.40 bits per heavy atom. The van der Waals surface area contributed by atoms with Crippen LogP contribution in [0.1, 0.15) is 26.7 Å². The number of anilines is 1. The van der Waals surface area contributed by atoms with Crippen molar-refractivity contribution in [3.63, 3.8) is 0 Å². The van der Waals surface area contributed by atoms with Gasteiger partial charge in [-0.1, -0.05) is 18.3 Å². The van der Waals surface area contributed by atoms with E-state index >= 15 is 0 Å². The molecule has 1 aromatic heterocycles. The number of hydrogen-bond donors (Lipinski definition) is 2. The number of rotatable bonds is 6. The summed E-state index contributed by atoms with van der Waals surface area (Å²) < 4.78 is 3.66. The quantitative estimate of drug-likeness (QED) is 0.719. The molecule has 1 aromatic rings. The molecule has 5 nitrogen and oxygen atoms in total. The van der Waals surface area contributed by atoms with Crippen molar-refractivity contribution < 1.29 is 4.79 Å². The zero-order valence-electron chi connectivity index (χ0n) is 8.99. The lowest BCUT2D eigenvalue weighted by atomic mass is 10.3. The molecular formula is C9H16N4OS. The fraction of sp³-hybridized carbons (Fsp3) is 0.667. The molecule has 84 valence electrons. The Morgan fingerprint density at radius 1 is 1.60 bits per heavy atom. The van der Waals surface area contributed by atoms with Gasteiger partial charge in [0.25, 0.3) is 0 Å². The second kappa shape index (κ2) is 6.47. The van der Waals surface area contributed by atoms with Gasteiger partial charge in [-0.2, -0.15) is 0 Å². The van der Waals surface area contributed by atoms with Gasteiger partial charge in [0, 0.05) is 24.0 Å². The third-order valence-electron chi connectivity index (χ3n) is 1.76. The number of nitrogens with zero attached hydrogens (tertiary/aromatic N) is 2. The Balaban J connectivity index is 2.09. The van der Waals surface area contributed by atoms with Crippen molar-refractivity contribution in [1.29, 1.82) is 0 Å². The normalized spacial score (nSPS) is 10.6. The highest BCUT2D eigenvalue weighted by molar-refractivity contribution is 7.10. The Morgan fingerprint density at radius 3 is 3.00 bits per heavy atom. The molecule has 1 heterocycles. The van der Waals surface area contributed by atoms with E-state index < -0.39 is 0 Å². The summed E-state index contributed by atoms with van der Waals surface area (Å²) in [5.41, 5.74) is 0. The van der Waals surface area contributed by atoms with Crippen LogP contribution in [-0.4, -0.2) is 28.1 Å². The third kappa shape index (κ3) is 5.44. The monoisotopic (exact) mass is 228 g/mol. The fourth-order valence-electron chi connectivity index (χ4n) is 1.06. The van der Waals surface area contributed by atoms with Gasteiger partial charge >= 0.3 is 0 Å². The van der Waals surface area contributed by atoms with Gasteiger partial charge in [0.05, 0.1) is 6.20 Å². The zero-order chi connectivity index (χ0) is 11.1. The molecule has 0 aliphatic carbocycles. The minimum atomic E-state index is 0.0200. The smallest absolute Gasteiger partial charge is 0.225 e. The molecule has 1 amide bonds. The fourth-order valence-corrected chi connectivity index (χ4v) is 1.50. The summed E-state index contributed by atoms with van der Waals surface area (Å²) in [4.78, 5) is 11.4. The predicted octanol–water partition coefficient (Wildman–Crippen LogP) is 1.25. The highest BCUT2D eigenvalue weighted by Crippen LogP contribution is 2.09. The number of carbonyl (C=O) groups is 1. The van der Waals surface area contributed by atoms with Crippen LogP contribution in [0.3, 0.4) is 0 Å². The van der Waals surface area contributed by atoms with E-state index in [1.54, 1.807) is 6.20 Å². The van der Waals surface area contributed by atoms with Gasteiger partial charge in [0.1, 0.15) is 5.00 Å². The molecule has 0 saturated carbocycles. The van der Waals surface area contributed by atoms with Gasteiger partial charge in [-0.25, -0.2) is 0 Å². The molecule has 0 aliphatic heterocycles. The van der Waals surface area contributed by atoms with Crippen LogP contribution in [-0.2, 0) is 4.79 Å². The summed E-state index contributed by atoms with van der Waals surface area (Å²) in [6.07, 6.45) is 2.92. The van der Waals surface area contributed by atoms with E-state index in [-0.39, 0.29) is 5.91 Å². The molecule has 0 aliphatic rings. The lowest BCUT2D eigenvalue weighted by Gasteiger charge is -2.07. The number of carbonyl (C=O) groups excluding carboxylic acids is 1. The number of amides is 1. The molecular weight excluding hydrogens is 212 g/mol. The van der Waals surface area contributed by atoms with E-state index in [1.807, 2.05) is 0 Å². The van der Waals surface area contributed by atoms with E-state index in [4.69, 9.17) is 0 Å². The Labute approximate surface area is 93.4 Å². The summed E-state index contributed by atoms with van der Waals surface area (Å²) >= 11 is 1.19. The molecule has 2 N–H and O–H groups in total. The van der Waals surface area contributed by atoms with E-state index in [9.17, 15) is 4.79 Å². The maximum Gasteiger partial charge on any atom is 0.225 e. The summed E-state index contributed by atoms with van der Waals surface area (Å²) in [6, 6.07) is 0.471. The minimum Gasteiger partial charge on any atom is -0.315 e. The predicted molar refractivity (Wildman–Crippen MR) is 60.9 cm³/mol. The Kier molecular flexibility index (Phi) is 5.20. The molecule has 0 saturated heterocycles. The van der Waals surface area contributed by atoms with Crippen molar-refractivity contribution in [3.8, 4) is 0 Å². The highest BCUT2D eigenvalue weighted by atomic mass is 32.1. The molecule has 0 radical (unpaired) electrons. The summed E-state index contributed by atoms with van der Waals surface area (Å²) in [5.74, 6) is 0.0200. The molecule has 6 heteroatoms. The van der Waals surface area contributed by atoms with Crippen LogP contribution in [0.5, 0.6) is 0 Å². The van der Waals surface area contributed by atoms with Crippen molar-refractivity contribution in [2.45, 2.75) is 32.7 Å². The number of nitrogens with one attached hydrogen (secondary N) is 2. The summed E-state index contributed by atoms with van der Waals surface area (Å²) in [7, 11) is 0. The first-order chi connectivity index (χ1) is 7.18. The average Bonchev–Trinajstić information content (AvgIpc) is 2.64. The van der Waals surface area contributed by atoms with Crippen LogP contribution in [0.4, 0.5) is 5.00 Å². The van der Waals surface area contributed by atoms with Crippen LogP contribution in [0.25, 0.3) is 0 Å². The lowest BCUT2D eigenvalue weighted by molar-refractivity contribution is -0.116. The van der Waals surface area contributed by atoms with Crippen LogP contribution in [0.15, 0.2) is 6.20 Å². The SMILES string of the molecule is CC(C)NCCCC(=O)Nc1cnns1. The summed E-state index contributed by atoms with van der Waals surface area (Å²) in [6.45, 7) is 5.04. The third-order valence-corrected chi connectivity index (χ3v) is 2.34. The van der Waals surface area contributed by atoms with Crippen LogP contribution in [0.2, 0.25) is 0 Å². The van der Waals surface area contributed by atoms with Crippen LogP contribution < -0.4 is 10.6 Å². The number of aromatic nitrogens is 2. The second-order valence-corrected chi connectivity index (χ2v) is 4.33. The molecule has 0 atom stereocenters. The second-order valence-electron chi connectivity index (χ2n) is 3.54. The average molecular weight is 228 g/mol. The van der Waals surface area contributed by atoms with E-state index in [0.29, 0.717) is 17.5 Å². The minimum absolute atomic E-state index is 0.0200. The van der Waals surface area contributed by atoms with E-state index in [0.717, 1.165) is 13.0 Å². The molecule has 0 fully saturated rings. The topological polar surface area (TPSA) is 66.9 Å². The maximum absolute atomic E-state index is 11.4. The zero-order valence-corrected chi connectivity index (χ0v) is 9.80. The van der Waals surface area contributed by atoms with E-state index in [1.165, 1.54) is 11.5 Å². The van der Waals surface area contributed by atoms with Crippen molar-refractivity contribution >= 4 is 22.4 Å². The first kappa shape index (κ1) is 12.1. The Bertz CT molecular complexity index is 286. The van der Waals surface area contributed by atoms with Gasteiger partial charge in [-0.15, -0.1) is 5.10 Å². The van der Waals surface area contributed by atoms with Gasteiger partial charge in [0.15, 0.2) is 0 Å². The molecule has 0 aromatic carbocycles. The molecule has 0 spiro atoms. The maximum atomic E-state index is 11.4. The van der Waals surface area contributed by atoms with Crippen LogP contribution in [0, 0.1) is 0 Å². The van der Waals surface area contributed by atoms with Crippen molar-refractivity contribution in [1.82, 2.24) is 14.9 Å². The van der Waals surface area contributed by atoms with Gasteiger partial charge in [0.2, 0.25) is 5.91 Å². The standard InChI is InChI=1S/C9H16N4OS/c1-7(2)10-5-3-4-8(14)12-9-6-11-13-15-9/h6-7,10H,3-5H2,1-2H3,(H,12,14). The molecule has 0 bridgehead atoms. The first-order valence-electron chi connectivity index (χ1n) is 4.99. The lowest BCUT2D eigenvalue weighted by Crippen LogP contribution is -2.24. The highest BCUT2D eigenvalue weighted by Gasteiger charge is 2.03. The van der Waals surface area contributed by atoms with Crippen molar-refractivity contribution in [2.24, 2.45) is 0 Å². The molecule has 15 heavy (non-hydrogen) atoms. The van der Waals surface area contributed by atoms with Gasteiger partial charge in [-0.3, -0.25) is 4.79 Å².